The van der Waals surface area contributed by atoms with Crippen molar-refractivity contribution in [2.24, 2.45) is 0 Å². The van der Waals surface area contributed by atoms with Crippen molar-refractivity contribution in [2.45, 2.75) is 6.61 Å². The zero-order chi connectivity index (χ0) is 14.2. The van der Waals surface area contributed by atoms with E-state index >= 15 is 0 Å². The molecule has 0 aliphatic heterocycles. The number of aliphatic hydroxyl groups is 1. The van der Waals surface area contributed by atoms with Gasteiger partial charge in [0.05, 0.1) is 28.4 Å². The summed E-state index contributed by atoms with van der Waals surface area (Å²) in [6.45, 7) is -0.110. The van der Waals surface area contributed by atoms with Crippen LogP contribution in [0.1, 0.15) is 5.82 Å². The van der Waals surface area contributed by atoms with Crippen LogP contribution in [0, 0.1) is 0 Å². The van der Waals surface area contributed by atoms with Gasteiger partial charge in [0.2, 0.25) is 0 Å². The topological polar surface area (TPSA) is 50.9 Å². The Bertz CT molecular complexity index is 943. The second kappa shape index (κ2) is 4.68. The molecule has 4 nitrogen and oxygen atoms in total. The Morgan fingerprint density at radius 2 is 1.71 bits per heavy atom. The van der Waals surface area contributed by atoms with Gasteiger partial charge < -0.3 is 5.11 Å². The Kier molecular flexibility index (Phi) is 2.69. The van der Waals surface area contributed by atoms with Gasteiger partial charge in [0.25, 0.3) is 0 Å². The molecule has 0 saturated heterocycles. The SMILES string of the molecule is OCc1nc2ccccc2n1-c1cnc2ccccc2c1. The number of hydrogen-bond donors (Lipinski definition) is 1. The number of para-hydroxylation sites is 3. The highest BCUT2D eigenvalue weighted by molar-refractivity contribution is 5.82. The summed E-state index contributed by atoms with van der Waals surface area (Å²) in [5.74, 6) is 0.619. The summed E-state index contributed by atoms with van der Waals surface area (Å²) in [5, 5.41) is 10.7. The second-order valence-corrected chi connectivity index (χ2v) is 4.90. The Labute approximate surface area is 121 Å². The lowest BCUT2D eigenvalue weighted by atomic mass is 10.2. The van der Waals surface area contributed by atoms with Gasteiger partial charge in [0.1, 0.15) is 12.4 Å². The molecular formula is C17H13N3O. The molecule has 0 radical (unpaired) electrons. The van der Waals surface area contributed by atoms with Gasteiger partial charge in [-0.15, -0.1) is 0 Å². The van der Waals surface area contributed by atoms with Crippen molar-refractivity contribution in [3.05, 3.63) is 66.6 Å². The Morgan fingerprint density at radius 3 is 2.57 bits per heavy atom. The van der Waals surface area contributed by atoms with Crippen LogP contribution in [0.5, 0.6) is 0 Å². The summed E-state index contributed by atoms with van der Waals surface area (Å²) in [5.41, 5.74) is 3.70. The smallest absolute Gasteiger partial charge is 0.140 e. The van der Waals surface area contributed by atoms with Gasteiger partial charge >= 0.3 is 0 Å². The highest BCUT2D eigenvalue weighted by Gasteiger charge is 2.11. The lowest BCUT2D eigenvalue weighted by Gasteiger charge is -2.08. The van der Waals surface area contributed by atoms with Crippen molar-refractivity contribution in [3.8, 4) is 5.69 Å². The van der Waals surface area contributed by atoms with E-state index in [2.05, 4.69) is 16.0 Å². The maximum Gasteiger partial charge on any atom is 0.140 e. The average molecular weight is 275 g/mol. The van der Waals surface area contributed by atoms with Crippen molar-refractivity contribution in [3.63, 3.8) is 0 Å². The van der Waals surface area contributed by atoms with E-state index in [1.54, 1.807) is 0 Å². The lowest BCUT2D eigenvalue weighted by molar-refractivity contribution is 0.270. The number of pyridine rings is 1. The monoisotopic (exact) mass is 275 g/mol. The first-order chi connectivity index (χ1) is 10.4. The Morgan fingerprint density at radius 1 is 0.952 bits per heavy atom. The number of hydrogen-bond acceptors (Lipinski definition) is 3. The summed E-state index contributed by atoms with van der Waals surface area (Å²) in [6.07, 6.45) is 1.82. The van der Waals surface area contributed by atoms with Crippen molar-refractivity contribution < 1.29 is 5.11 Å². The summed E-state index contributed by atoms with van der Waals surface area (Å²) >= 11 is 0. The molecule has 2 aromatic heterocycles. The van der Waals surface area contributed by atoms with Gasteiger partial charge in [-0.1, -0.05) is 30.3 Å². The number of fused-ring (bicyclic) bond motifs is 2. The van der Waals surface area contributed by atoms with Gasteiger partial charge in [-0.3, -0.25) is 9.55 Å². The van der Waals surface area contributed by atoms with Crippen LogP contribution >= 0.6 is 0 Å². The molecule has 0 fully saturated rings. The molecule has 0 spiro atoms. The number of nitrogens with zero attached hydrogens (tertiary/aromatic N) is 3. The van der Waals surface area contributed by atoms with Crippen LogP contribution in [0.2, 0.25) is 0 Å². The first kappa shape index (κ1) is 12.1. The fourth-order valence-electron chi connectivity index (χ4n) is 2.65. The molecule has 4 aromatic rings. The van der Waals surface area contributed by atoms with Gasteiger partial charge in [-0.2, -0.15) is 0 Å². The average Bonchev–Trinajstić information content (AvgIpc) is 2.93. The van der Waals surface area contributed by atoms with Crippen LogP contribution in [-0.4, -0.2) is 19.6 Å². The standard InChI is InChI=1S/C17H13N3O/c21-11-17-19-15-7-3-4-8-16(15)20(17)13-9-12-5-1-2-6-14(12)18-10-13/h1-10,21H,11H2. The minimum Gasteiger partial charge on any atom is -0.388 e. The molecule has 2 aromatic carbocycles. The number of aliphatic hydroxyl groups excluding tert-OH is 1. The third-order valence-corrected chi connectivity index (χ3v) is 3.61. The molecule has 2 heterocycles. The second-order valence-electron chi connectivity index (χ2n) is 4.90. The maximum atomic E-state index is 9.59. The molecule has 0 aliphatic carbocycles. The van der Waals surface area contributed by atoms with Crippen molar-refractivity contribution in [1.82, 2.24) is 14.5 Å². The van der Waals surface area contributed by atoms with E-state index in [0.717, 1.165) is 27.6 Å². The highest BCUT2D eigenvalue weighted by atomic mass is 16.3. The van der Waals surface area contributed by atoms with E-state index in [0.29, 0.717) is 5.82 Å². The van der Waals surface area contributed by atoms with Crippen LogP contribution in [-0.2, 0) is 6.61 Å². The van der Waals surface area contributed by atoms with Gasteiger partial charge in [0, 0.05) is 5.39 Å². The number of imidazole rings is 1. The predicted octanol–water partition coefficient (Wildman–Crippen LogP) is 3.07. The van der Waals surface area contributed by atoms with Crippen LogP contribution in [0.15, 0.2) is 60.8 Å². The normalized spacial score (nSPS) is 11.3. The summed E-state index contributed by atoms with van der Waals surface area (Å²) < 4.78 is 1.95. The third kappa shape index (κ3) is 1.88. The van der Waals surface area contributed by atoms with Crippen LogP contribution in [0.4, 0.5) is 0 Å². The molecular weight excluding hydrogens is 262 g/mol. The van der Waals surface area contributed by atoms with E-state index in [1.807, 2.05) is 59.3 Å². The van der Waals surface area contributed by atoms with E-state index in [1.165, 1.54) is 0 Å². The molecule has 0 aliphatic rings. The van der Waals surface area contributed by atoms with Gasteiger partial charge in [-0.25, -0.2) is 4.98 Å². The maximum absolute atomic E-state index is 9.59. The summed E-state index contributed by atoms with van der Waals surface area (Å²) in [4.78, 5) is 8.96. The molecule has 0 saturated carbocycles. The predicted molar refractivity (Wildman–Crippen MR) is 82.3 cm³/mol. The molecule has 0 atom stereocenters. The minimum atomic E-state index is -0.110. The first-order valence-corrected chi connectivity index (χ1v) is 6.79. The first-order valence-electron chi connectivity index (χ1n) is 6.79. The van der Waals surface area contributed by atoms with Crippen LogP contribution in [0.25, 0.3) is 27.6 Å². The minimum absolute atomic E-state index is 0.110. The number of rotatable bonds is 2. The van der Waals surface area contributed by atoms with E-state index in [9.17, 15) is 5.11 Å². The van der Waals surface area contributed by atoms with E-state index in [-0.39, 0.29) is 6.61 Å². The largest absolute Gasteiger partial charge is 0.388 e. The summed E-state index contributed by atoms with van der Waals surface area (Å²) in [7, 11) is 0. The molecule has 0 amide bonds. The lowest BCUT2D eigenvalue weighted by Crippen LogP contribution is -2.01. The Balaban J connectivity index is 2.03. The molecule has 4 heteroatoms. The third-order valence-electron chi connectivity index (χ3n) is 3.61. The summed E-state index contributed by atoms with van der Waals surface area (Å²) in [6, 6.07) is 17.9. The molecule has 1 N–H and O–H groups in total. The number of benzene rings is 2. The Hall–Kier alpha value is -2.72. The van der Waals surface area contributed by atoms with E-state index in [4.69, 9.17) is 0 Å². The van der Waals surface area contributed by atoms with E-state index < -0.39 is 0 Å². The zero-order valence-corrected chi connectivity index (χ0v) is 11.3. The van der Waals surface area contributed by atoms with Crippen LogP contribution in [0.3, 0.4) is 0 Å². The quantitative estimate of drug-likeness (QED) is 0.611. The molecule has 4 rings (SSSR count). The molecule has 0 bridgehead atoms. The van der Waals surface area contributed by atoms with Crippen molar-refractivity contribution in [1.29, 1.82) is 0 Å². The number of aromatic nitrogens is 3. The van der Waals surface area contributed by atoms with Crippen molar-refractivity contribution in [2.75, 3.05) is 0 Å². The van der Waals surface area contributed by atoms with Crippen molar-refractivity contribution >= 4 is 21.9 Å². The molecule has 102 valence electrons. The molecule has 21 heavy (non-hydrogen) atoms. The van der Waals surface area contributed by atoms with Crippen LogP contribution < -0.4 is 0 Å². The fourth-order valence-corrected chi connectivity index (χ4v) is 2.65. The zero-order valence-electron chi connectivity index (χ0n) is 11.3. The highest BCUT2D eigenvalue weighted by Crippen LogP contribution is 2.23. The fraction of sp³-hybridized carbons (Fsp3) is 0.0588. The van der Waals surface area contributed by atoms with Gasteiger partial charge in [-0.05, 0) is 24.3 Å². The van der Waals surface area contributed by atoms with Gasteiger partial charge in [0.15, 0.2) is 0 Å². The molecule has 0 unspecified atom stereocenters.